The van der Waals surface area contributed by atoms with Gasteiger partial charge in [-0.1, -0.05) is 18.2 Å². The molecule has 3 nitrogen and oxygen atoms in total. The van der Waals surface area contributed by atoms with Gasteiger partial charge in [-0.05, 0) is 36.1 Å². The summed E-state index contributed by atoms with van der Waals surface area (Å²) < 4.78 is 13.0. The van der Waals surface area contributed by atoms with Gasteiger partial charge in [0.05, 0.1) is 18.7 Å². The van der Waals surface area contributed by atoms with Crippen LogP contribution in [0.3, 0.4) is 0 Å². The van der Waals surface area contributed by atoms with Gasteiger partial charge in [-0.2, -0.15) is 0 Å². The zero-order valence-electron chi connectivity index (χ0n) is 13.2. The molecule has 6 heteroatoms. The van der Waals surface area contributed by atoms with Crippen molar-refractivity contribution < 1.29 is 9.18 Å². The van der Waals surface area contributed by atoms with Crippen molar-refractivity contribution in [3.63, 3.8) is 0 Å². The largest absolute Gasteiger partial charge is 0.349 e. The number of carbonyl (C=O) groups is 1. The smallest absolute Gasteiger partial charge is 0.225 e. The SMILES string of the molecule is Cc1nc(CNC(=O)Cc2cccs2)sc1Cc1ccc(F)cc1. The van der Waals surface area contributed by atoms with E-state index >= 15 is 0 Å². The Labute approximate surface area is 148 Å². The highest BCUT2D eigenvalue weighted by Crippen LogP contribution is 2.22. The lowest BCUT2D eigenvalue weighted by molar-refractivity contribution is -0.120. The lowest BCUT2D eigenvalue weighted by Crippen LogP contribution is -2.24. The number of aromatic nitrogens is 1. The maximum absolute atomic E-state index is 13.0. The number of thiophene rings is 1. The van der Waals surface area contributed by atoms with Gasteiger partial charge in [0, 0.05) is 16.2 Å². The molecule has 0 bridgehead atoms. The number of rotatable bonds is 6. The molecular weight excluding hydrogens is 343 g/mol. The summed E-state index contributed by atoms with van der Waals surface area (Å²) in [5.41, 5.74) is 2.02. The van der Waals surface area contributed by atoms with E-state index in [1.165, 1.54) is 12.1 Å². The second-order valence-electron chi connectivity index (χ2n) is 5.45. The second kappa shape index (κ2) is 7.68. The van der Waals surface area contributed by atoms with Crippen LogP contribution in [0, 0.1) is 12.7 Å². The van der Waals surface area contributed by atoms with Gasteiger partial charge in [0.15, 0.2) is 0 Å². The summed E-state index contributed by atoms with van der Waals surface area (Å²) in [5.74, 6) is -0.223. The predicted octanol–water partition coefficient (Wildman–Crippen LogP) is 4.10. The van der Waals surface area contributed by atoms with Crippen molar-refractivity contribution in [2.45, 2.75) is 26.3 Å². The molecule has 0 atom stereocenters. The third kappa shape index (κ3) is 4.49. The lowest BCUT2D eigenvalue weighted by atomic mass is 10.1. The molecular formula is C18H17FN2OS2. The second-order valence-corrected chi connectivity index (χ2v) is 7.65. The average Bonchev–Trinajstić information content (AvgIpc) is 3.18. The van der Waals surface area contributed by atoms with E-state index in [-0.39, 0.29) is 11.7 Å². The molecule has 0 aliphatic carbocycles. The Morgan fingerprint density at radius 1 is 1.25 bits per heavy atom. The van der Waals surface area contributed by atoms with Crippen LogP contribution < -0.4 is 5.32 Å². The highest BCUT2D eigenvalue weighted by atomic mass is 32.1. The number of nitrogens with zero attached hydrogens (tertiary/aromatic N) is 1. The third-order valence-corrected chi connectivity index (χ3v) is 5.60. The molecule has 2 aromatic heterocycles. The number of carbonyl (C=O) groups excluding carboxylic acids is 1. The van der Waals surface area contributed by atoms with Crippen molar-refractivity contribution in [1.29, 1.82) is 0 Å². The van der Waals surface area contributed by atoms with Crippen molar-refractivity contribution in [3.8, 4) is 0 Å². The summed E-state index contributed by atoms with van der Waals surface area (Å²) >= 11 is 3.17. The Kier molecular flexibility index (Phi) is 5.37. The minimum absolute atomic E-state index is 0.00499. The molecule has 0 unspecified atom stereocenters. The Morgan fingerprint density at radius 3 is 2.75 bits per heavy atom. The summed E-state index contributed by atoms with van der Waals surface area (Å²) in [6, 6.07) is 10.4. The first-order chi connectivity index (χ1) is 11.6. The summed E-state index contributed by atoms with van der Waals surface area (Å²) in [5, 5.41) is 5.77. The number of hydrogen-bond donors (Lipinski definition) is 1. The number of halogens is 1. The van der Waals surface area contributed by atoms with Crippen molar-refractivity contribution >= 4 is 28.6 Å². The first-order valence-electron chi connectivity index (χ1n) is 7.59. The number of nitrogens with one attached hydrogen (secondary N) is 1. The van der Waals surface area contributed by atoms with Crippen LogP contribution in [0.1, 0.15) is 26.0 Å². The van der Waals surface area contributed by atoms with Crippen LogP contribution in [0.4, 0.5) is 4.39 Å². The van der Waals surface area contributed by atoms with Crippen LogP contribution in [0.2, 0.25) is 0 Å². The van der Waals surface area contributed by atoms with Gasteiger partial charge in [0.1, 0.15) is 10.8 Å². The van der Waals surface area contributed by atoms with Gasteiger partial charge in [-0.25, -0.2) is 9.37 Å². The van der Waals surface area contributed by atoms with E-state index in [9.17, 15) is 9.18 Å². The Morgan fingerprint density at radius 2 is 2.04 bits per heavy atom. The van der Waals surface area contributed by atoms with Gasteiger partial charge in [0.2, 0.25) is 5.91 Å². The Bertz CT molecular complexity index is 810. The fourth-order valence-corrected chi connectivity index (χ4v) is 4.07. The first-order valence-corrected chi connectivity index (χ1v) is 9.28. The summed E-state index contributed by atoms with van der Waals surface area (Å²) in [6.45, 7) is 2.41. The molecule has 0 aliphatic rings. The summed E-state index contributed by atoms with van der Waals surface area (Å²) in [6.07, 6.45) is 1.14. The molecule has 2 heterocycles. The molecule has 3 rings (SSSR count). The minimum atomic E-state index is -0.228. The standard InChI is InChI=1S/C18H17FN2OS2/c1-12-16(9-13-4-6-14(19)7-5-13)24-18(21-12)11-20-17(22)10-15-3-2-8-23-15/h2-8H,9-11H2,1H3,(H,20,22). The van der Waals surface area contributed by atoms with Crippen LogP contribution in [0.5, 0.6) is 0 Å². The van der Waals surface area contributed by atoms with E-state index < -0.39 is 0 Å². The number of thiazole rings is 1. The van der Waals surface area contributed by atoms with Gasteiger partial charge in [-0.3, -0.25) is 4.79 Å². The molecule has 0 spiro atoms. The number of amides is 1. The number of benzene rings is 1. The topological polar surface area (TPSA) is 42.0 Å². The lowest BCUT2D eigenvalue weighted by Gasteiger charge is -2.01. The summed E-state index contributed by atoms with van der Waals surface area (Å²) in [4.78, 5) is 18.7. The minimum Gasteiger partial charge on any atom is -0.349 e. The van der Waals surface area contributed by atoms with Crippen molar-refractivity contribution in [2.75, 3.05) is 0 Å². The average molecular weight is 360 g/mol. The third-order valence-electron chi connectivity index (χ3n) is 3.57. The molecule has 1 amide bonds. The summed E-state index contributed by atoms with van der Waals surface area (Å²) in [7, 11) is 0. The highest BCUT2D eigenvalue weighted by Gasteiger charge is 2.10. The Hall–Kier alpha value is -2.05. The van der Waals surface area contributed by atoms with Gasteiger partial charge in [-0.15, -0.1) is 22.7 Å². The van der Waals surface area contributed by atoms with E-state index in [1.54, 1.807) is 34.8 Å². The van der Waals surface area contributed by atoms with Crippen molar-refractivity contribution in [1.82, 2.24) is 10.3 Å². The molecule has 0 saturated carbocycles. The molecule has 0 aliphatic heterocycles. The molecule has 1 aromatic carbocycles. The zero-order valence-corrected chi connectivity index (χ0v) is 14.8. The van der Waals surface area contributed by atoms with Gasteiger partial charge >= 0.3 is 0 Å². The van der Waals surface area contributed by atoms with Crippen molar-refractivity contribution in [3.05, 3.63) is 73.6 Å². The maximum atomic E-state index is 13.0. The van der Waals surface area contributed by atoms with E-state index in [0.29, 0.717) is 13.0 Å². The highest BCUT2D eigenvalue weighted by molar-refractivity contribution is 7.11. The fraction of sp³-hybridized carbons (Fsp3) is 0.222. The molecule has 24 heavy (non-hydrogen) atoms. The van der Waals surface area contributed by atoms with Crippen LogP contribution in [0.25, 0.3) is 0 Å². The molecule has 3 aromatic rings. The molecule has 0 radical (unpaired) electrons. The van der Waals surface area contributed by atoms with E-state index in [1.807, 2.05) is 24.4 Å². The van der Waals surface area contributed by atoms with E-state index in [2.05, 4.69) is 10.3 Å². The van der Waals surface area contributed by atoms with Gasteiger partial charge < -0.3 is 5.32 Å². The van der Waals surface area contributed by atoms with E-state index in [4.69, 9.17) is 0 Å². The quantitative estimate of drug-likeness (QED) is 0.719. The van der Waals surface area contributed by atoms with Crippen LogP contribution >= 0.6 is 22.7 Å². The van der Waals surface area contributed by atoms with Crippen LogP contribution in [-0.2, 0) is 24.2 Å². The van der Waals surface area contributed by atoms with Crippen molar-refractivity contribution in [2.24, 2.45) is 0 Å². The zero-order chi connectivity index (χ0) is 16.9. The molecule has 0 saturated heterocycles. The predicted molar refractivity (Wildman–Crippen MR) is 95.9 cm³/mol. The fourth-order valence-electron chi connectivity index (χ4n) is 2.32. The normalized spacial score (nSPS) is 10.8. The molecule has 124 valence electrons. The Balaban J connectivity index is 1.57. The number of aryl methyl sites for hydroxylation is 1. The molecule has 1 N–H and O–H groups in total. The maximum Gasteiger partial charge on any atom is 0.225 e. The monoisotopic (exact) mass is 360 g/mol. The van der Waals surface area contributed by atoms with Crippen LogP contribution in [-0.4, -0.2) is 10.9 Å². The molecule has 0 fully saturated rings. The van der Waals surface area contributed by atoms with Gasteiger partial charge in [0.25, 0.3) is 0 Å². The van der Waals surface area contributed by atoms with E-state index in [0.717, 1.165) is 32.4 Å². The number of hydrogen-bond acceptors (Lipinski definition) is 4. The first kappa shape index (κ1) is 16.8. The van der Waals surface area contributed by atoms with Crippen LogP contribution in [0.15, 0.2) is 41.8 Å².